The topological polar surface area (TPSA) is 96.5 Å². The molecule has 0 amide bonds. The number of anilines is 1. The molecule has 7 nitrogen and oxygen atoms in total. The fourth-order valence-electron chi connectivity index (χ4n) is 3.29. The standard InChI is InChI=1S/C19H21N5O2/c1-21-19(25)24-6-7-26-16-3-2-12(8-14(16)11-24)18-15-4-5-22-10-13(15)9-17(20)23-18/h2-5,8-10,19,21,25H,6-7,11H2,1H3,(H2,20,23). The smallest absolute Gasteiger partial charge is 0.163 e. The summed E-state index contributed by atoms with van der Waals surface area (Å²) < 4.78 is 5.84. The van der Waals surface area contributed by atoms with Crippen LogP contribution in [0.1, 0.15) is 5.56 Å². The Bertz CT molecular complexity index is 946. The highest BCUT2D eigenvalue weighted by Crippen LogP contribution is 2.32. The van der Waals surface area contributed by atoms with Crippen molar-refractivity contribution in [1.29, 1.82) is 0 Å². The molecule has 4 rings (SSSR count). The van der Waals surface area contributed by atoms with Crippen LogP contribution in [0.4, 0.5) is 5.82 Å². The van der Waals surface area contributed by atoms with Crippen LogP contribution in [0, 0.1) is 0 Å². The molecule has 1 atom stereocenters. The van der Waals surface area contributed by atoms with Gasteiger partial charge < -0.3 is 15.6 Å². The number of aromatic nitrogens is 2. The number of rotatable bonds is 3. The predicted octanol–water partition coefficient (Wildman–Crippen LogP) is 1.57. The van der Waals surface area contributed by atoms with Gasteiger partial charge in [-0.15, -0.1) is 0 Å². The summed E-state index contributed by atoms with van der Waals surface area (Å²) in [6.45, 7) is 1.74. The summed E-state index contributed by atoms with van der Waals surface area (Å²) in [6.07, 6.45) is 2.82. The van der Waals surface area contributed by atoms with Gasteiger partial charge in [-0.2, -0.15) is 0 Å². The molecule has 0 saturated heterocycles. The second kappa shape index (κ2) is 6.87. The number of hydrogen-bond acceptors (Lipinski definition) is 7. The number of benzene rings is 1. The number of nitrogens with zero attached hydrogens (tertiary/aromatic N) is 3. The highest BCUT2D eigenvalue weighted by Gasteiger charge is 2.21. The van der Waals surface area contributed by atoms with Crippen LogP contribution in [0.5, 0.6) is 5.75 Å². The van der Waals surface area contributed by atoms with Gasteiger partial charge in [0.05, 0.1) is 5.69 Å². The Labute approximate surface area is 151 Å². The molecule has 1 unspecified atom stereocenters. The molecule has 3 aromatic rings. The summed E-state index contributed by atoms with van der Waals surface area (Å²) in [5, 5.41) is 14.9. The molecular formula is C19H21N5O2. The minimum absolute atomic E-state index is 0.457. The van der Waals surface area contributed by atoms with Crippen molar-refractivity contribution in [2.24, 2.45) is 0 Å². The number of aliphatic hydroxyl groups is 1. The van der Waals surface area contributed by atoms with E-state index in [4.69, 9.17) is 10.5 Å². The van der Waals surface area contributed by atoms with Crippen LogP contribution in [-0.2, 0) is 6.54 Å². The van der Waals surface area contributed by atoms with Gasteiger partial charge in [0.15, 0.2) is 6.35 Å². The molecule has 134 valence electrons. The van der Waals surface area contributed by atoms with Crippen molar-refractivity contribution in [2.45, 2.75) is 12.9 Å². The van der Waals surface area contributed by atoms with Crippen LogP contribution in [0.25, 0.3) is 22.0 Å². The molecule has 0 saturated carbocycles. The van der Waals surface area contributed by atoms with Crippen LogP contribution in [0.2, 0.25) is 0 Å². The molecule has 2 aromatic heterocycles. The highest BCUT2D eigenvalue weighted by molar-refractivity contribution is 5.95. The number of pyridine rings is 2. The first-order valence-corrected chi connectivity index (χ1v) is 8.51. The quantitative estimate of drug-likeness (QED) is 0.616. The highest BCUT2D eigenvalue weighted by atomic mass is 16.5. The zero-order valence-electron chi connectivity index (χ0n) is 14.5. The van der Waals surface area contributed by atoms with Gasteiger partial charge in [0, 0.05) is 47.4 Å². The largest absolute Gasteiger partial charge is 0.492 e. The van der Waals surface area contributed by atoms with E-state index in [1.165, 1.54) is 0 Å². The lowest BCUT2D eigenvalue weighted by atomic mass is 10.0. The molecule has 4 N–H and O–H groups in total. The number of fused-ring (bicyclic) bond motifs is 2. The third-order valence-electron chi connectivity index (χ3n) is 4.60. The van der Waals surface area contributed by atoms with Gasteiger partial charge in [-0.05, 0) is 37.4 Å². The molecule has 3 heterocycles. The van der Waals surface area contributed by atoms with Crippen LogP contribution >= 0.6 is 0 Å². The number of nitrogen functional groups attached to an aromatic ring is 1. The van der Waals surface area contributed by atoms with E-state index in [0.717, 1.165) is 33.3 Å². The van der Waals surface area contributed by atoms with E-state index in [-0.39, 0.29) is 0 Å². The zero-order valence-corrected chi connectivity index (χ0v) is 14.5. The molecule has 0 fully saturated rings. The number of nitrogens with two attached hydrogens (primary N) is 1. The van der Waals surface area contributed by atoms with Gasteiger partial charge in [-0.25, -0.2) is 4.98 Å². The SMILES string of the molecule is CNC(O)N1CCOc2ccc(-c3nc(N)cc4cnccc34)cc2C1. The fourth-order valence-corrected chi connectivity index (χ4v) is 3.29. The second-order valence-corrected chi connectivity index (χ2v) is 6.30. The van der Waals surface area contributed by atoms with Crippen molar-refractivity contribution in [2.75, 3.05) is 25.9 Å². The first-order valence-electron chi connectivity index (χ1n) is 8.51. The van der Waals surface area contributed by atoms with E-state index in [1.54, 1.807) is 19.4 Å². The Morgan fingerprint density at radius 2 is 2.19 bits per heavy atom. The predicted molar refractivity (Wildman–Crippen MR) is 100 cm³/mol. The normalized spacial score (nSPS) is 15.9. The average Bonchev–Trinajstić information content (AvgIpc) is 2.88. The Kier molecular flexibility index (Phi) is 4.42. The van der Waals surface area contributed by atoms with Crippen LogP contribution in [0.3, 0.4) is 0 Å². The lowest BCUT2D eigenvalue weighted by Gasteiger charge is -2.25. The van der Waals surface area contributed by atoms with Crippen molar-refractivity contribution in [1.82, 2.24) is 20.2 Å². The van der Waals surface area contributed by atoms with Gasteiger partial charge in [0.2, 0.25) is 0 Å². The summed E-state index contributed by atoms with van der Waals surface area (Å²) in [6, 6.07) is 9.76. The number of aliphatic hydroxyl groups excluding tert-OH is 1. The third-order valence-corrected chi connectivity index (χ3v) is 4.60. The lowest BCUT2D eigenvalue weighted by Crippen LogP contribution is -2.44. The third kappa shape index (κ3) is 3.08. The number of hydrogen-bond donors (Lipinski definition) is 3. The van der Waals surface area contributed by atoms with Crippen LogP contribution in [0.15, 0.2) is 42.7 Å². The van der Waals surface area contributed by atoms with Gasteiger partial charge in [-0.1, -0.05) is 0 Å². The van der Waals surface area contributed by atoms with Gasteiger partial charge >= 0.3 is 0 Å². The van der Waals surface area contributed by atoms with Crippen molar-refractivity contribution in [3.8, 4) is 17.0 Å². The Morgan fingerprint density at radius 3 is 3.04 bits per heavy atom. The Hall–Kier alpha value is -2.74. The summed E-state index contributed by atoms with van der Waals surface area (Å²) in [5.74, 6) is 1.29. The maximum absolute atomic E-state index is 10.1. The summed E-state index contributed by atoms with van der Waals surface area (Å²) >= 11 is 0. The van der Waals surface area contributed by atoms with E-state index >= 15 is 0 Å². The fraction of sp³-hybridized carbons (Fsp3) is 0.263. The first-order chi connectivity index (χ1) is 12.7. The van der Waals surface area contributed by atoms with E-state index in [0.29, 0.717) is 25.5 Å². The van der Waals surface area contributed by atoms with E-state index in [9.17, 15) is 5.11 Å². The van der Waals surface area contributed by atoms with Gasteiger partial charge in [0.1, 0.15) is 18.2 Å². The van der Waals surface area contributed by atoms with Crippen molar-refractivity contribution < 1.29 is 9.84 Å². The molecule has 0 radical (unpaired) electrons. The molecule has 7 heteroatoms. The molecule has 0 bridgehead atoms. The first kappa shape index (κ1) is 16.7. The van der Waals surface area contributed by atoms with Crippen LogP contribution in [-0.4, -0.2) is 46.5 Å². The maximum atomic E-state index is 10.1. The maximum Gasteiger partial charge on any atom is 0.163 e. The summed E-state index contributed by atoms with van der Waals surface area (Å²) in [5.41, 5.74) is 8.76. The molecule has 1 aliphatic rings. The number of ether oxygens (including phenoxy) is 1. The Morgan fingerprint density at radius 1 is 1.31 bits per heavy atom. The average molecular weight is 351 g/mol. The van der Waals surface area contributed by atoms with E-state index < -0.39 is 6.35 Å². The molecule has 26 heavy (non-hydrogen) atoms. The summed E-state index contributed by atoms with van der Waals surface area (Å²) in [7, 11) is 1.73. The summed E-state index contributed by atoms with van der Waals surface area (Å²) in [4.78, 5) is 10.6. The Balaban J connectivity index is 1.80. The van der Waals surface area contributed by atoms with Crippen molar-refractivity contribution in [3.63, 3.8) is 0 Å². The van der Waals surface area contributed by atoms with Gasteiger partial charge in [-0.3, -0.25) is 15.2 Å². The second-order valence-electron chi connectivity index (χ2n) is 6.30. The number of nitrogens with one attached hydrogen (secondary N) is 1. The van der Waals surface area contributed by atoms with Crippen molar-refractivity contribution >= 4 is 16.6 Å². The minimum Gasteiger partial charge on any atom is -0.492 e. The van der Waals surface area contributed by atoms with Crippen molar-refractivity contribution in [3.05, 3.63) is 48.3 Å². The van der Waals surface area contributed by atoms with E-state index in [2.05, 4.69) is 21.4 Å². The minimum atomic E-state index is -0.717. The monoisotopic (exact) mass is 351 g/mol. The molecular weight excluding hydrogens is 330 g/mol. The van der Waals surface area contributed by atoms with Gasteiger partial charge in [0.25, 0.3) is 0 Å². The zero-order chi connectivity index (χ0) is 18.1. The molecule has 1 aromatic carbocycles. The molecule has 0 aliphatic carbocycles. The lowest BCUT2D eigenvalue weighted by molar-refractivity contribution is -0.0239. The molecule has 1 aliphatic heterocycles. The molecule has 0 spiro atoms. The van der Waals surface area contributed by atoms with E-state index in [1.807, 2.05) is 29.2 Å². The van der Waals surface area contributed by atoms with Crippen LogP contribution < -0.4 is 15.8 Å².